The van der Waals surface area contributed by atoms with Crippen LogP contribution in [0.4, 0.5) is 0 Å². The number of nitrogens with zero attached hydrogens (tertiary/aromatic N) is 4. The molecule has 0 radical (unpaired) electrons. The van der Waals surface area contributed by atoms with Crippen molar-refractivity contribution in [1.29, 1.82) is 0 Å². The Morgan fingerprint density at radius 3 is 2.81 bits per heavy atom. The van der Waals surface area contributed by atoms with Gasteiger partial charge in [0.05, 0.1) is 0 Å². The fourth-order valence-corrected chi connectivity index (χ4v) is 3.77. The number of piperidine rings is 1. The Morgan fingerprint density at radius 2 is 2.07 bits per heavy atom. The van der Waals surface area contributed by atoms with Gasteiger partial charge >= 0.3 is 0 Å². The van der Waals surface area contributed by atoms with E-state index < -0.39 is 0 Å². The van der Waals surface area contributed by atoms with E-state index in [1.807, 2.05) is 0 Å². The molecule has 1 aliphatic heterocycles. The number of benzene rings is 1. The van der Waals surface area contributed by atoms with Crippen LogP contribution in [-0.4, -0.2) is 54.6 Å². The zero-order chi connectivity index (χ0) is 19.1. The molecule has 6 heteroatoms. The van der Waals surface area contributed by atoms with Crippen LogP contribution in [0.15, 0.2) is 40.4 Å². The molecule has 0 atom stereocenters. The Bertz CT molecular complexity index is 815. The second-order valence-electron chi connectivity index (χ2n) is 7.08. The first-order valence-electron chi connectivity index (χ1n) is 9.64. The summed E-state index contributed by atoms with van der Waals surface area (Å²) in [5.74, 6) is 1.41. The van der Waals surface area contributed by atoms with Gasteiger partial charge in [0.25, 0.3) is 0 Å². The van der Waals surface area contributed by atoms with Gasteiger partial charge in [0.15, 0.2) is 0 Å². The zero-order valence-corrected chi connectivity index (χ0v) is 16.3. The highest BCUT2D eigenvalue weighted by Crippen LogP contribution is 2.21. The maximum absolute atomic E-state index is 10.4. The van der Waals surface area contributed by atoms with E-state index in [9.17, 15) is 4.79 Å². The van der Waals surface area contributed by atoms with Gasteiger partial charge in [-0.3, -0.25) is 4.99 Å². The predicted octanol–water partition coefficient (Wildman–Crippen LogP) is 2.63. The number of hydrogen-bond donors (Lipinski definition) is 1. The molecule has 2 aromatic rings. The minimum Gasteiger partial charge on any atom is -0.350 e. The van der Waals surface area contributed by atoms with Crippen LogP contribution in [0.3, 0.4) is 0 Å². The summed E-state index contributed by atoms with van der Waals surface area (Å²) in [6.07, 6.45) is 7.31. The summed E-state index contributed by atoms with van der Waals surface area (Å²) >= 11 is 0. The summed E-state index contributed by atoms with van der Waals surface area (Å²) < 4.78 is 2.20. The molecule has 0 bridgehead atoms. The quantitative estimate of drug-likeness (QED) is 0.485. The summed E-state index contributed by atoms with van der Waals surface area (Å²) in [4.78, 5) is 21.2. The zero-order valence-electron chi connectivity index (χ0n) is 16.3. The Hall–Kier alpha value is -2.47. The number of fused-ring (bicyclic) bond motifs is 1. The molecule has 1 fully saturated rings. The molecule has 1 aromatic heterocycles. The molecule has 1 aromatic carbocycles. The number of para-hydroxylation sites is 1. The normalized spacial score (nSPS) is 16.5. The second kappa shape index (κ2) is 9.46. The molecular formula is C21H29N5O. The highest BCUT2D eigenvalue weighted by molar-refractivity contribution is 5.90. The number of carbonyl (C=O) groups is 1. The van der Waals surface area contributed by atoms with Crippen LogP contribution in [0.5, 0.6) is 0 Å². The Kier molecular flexibility index (Phi) is 6.76. The number of likely N-dealkylation sites (tertiary alicyclic amines) is 1. The number of guanidine groups is 1. The Morgan fingerprint density at radius 1 is 1.30 bits per heavy atom. The maximum atomic E-state index is 10.4. The third kappa shape index (κ3) is 4.83. The molecule has 27 heavy (non-hydrogen) atoms. The highest BCUT2D eigenvalue weighted by Gasteiger charge is 2.21. The summed E-state index contributed by atoms with van der Waals surface area (Å²) in [5.41, 5.74) is 2.64. The van der Waals surface area contributed by atoms with Crippen molar-refractivity contribution in [3.8, 4) is 0 Å². The van der Waals surface area contributed by atoms with Crippen molar-refractivity contribution in [2.45, 2.75) is 25.8 Å². The third-order valence-electron chi connectivity index (χ3n) is 5.23. The van der Waals surface area contributed by atoms with E-state index >= 15 is 0 Å². The monoisotopic (exact) mass is 367 g/mol. The van der Waals surface area contributed by atoms with E-state index in [4.69, 9.17) is 0 Å². The molecule has 0 saturated carbocycles. The number of aromatic nitrogens is 1. The lowest BCUT2D eigenvalue weighted by Gasteiger charge is -2.32. The van der Waals surface area contributed by atoms with E-state index in [1.165, 1.54) is 16.5 Å². The molecule has 1 saturated heterocycles. The van der Waals surface area contributed by atoms with Gasteiger partial charge in [-0.2, -0.15) is 0 Å². The van der Waals surface area contributed by atoms with Crippen LogP contribution in [0.1, 0.15) is 24.8 Å². The van der Waals surface area contributed by atoms with Crippen molar-refractivity contribution in [2.24, 2.45) is 23.0 Å². The van der Waals surface area contributed by atoms with Crippen molar-refractivity contribution in [3.63, 3.8) is 0 Å². The molecule has 2 heterocycles. The van der Waals surface area contributed by atoms with Gasteiger partial charge in [-0.15, -0.1) is 0 Å². The fraction of sp³-hybridized carbons (Fsp3) is 0.476. The van der Waals surface area contributed by atoms with E-state index in [-0.39, 0.29) is 0 Å². The van der Waals surface area contributed by atoms with Gasteiger partial charge in [-0.1, -0.05) is 18.2 Å². The minimum absolute atomic E-state index is 0.341. The summed E-state index contributed by atoms with van der Waals surface area (Å²) in [5, 5.41) is 4.98. The van der Waals surface area contributed by atoms with Crippen molar-refractivity contribution in [2.75, 3.05) is 26.7 Å². The largest absolute Gasteiger partial charge is 0.350 e. The first-order chi connectivity index (χ1) is 13.2. The van der Waals surface area contributed by atoms with Crippen LogP contribution < -0.4 is 5.32 Å². The van der Waals surface area contributed by atoms with Gasteiger partial charge in [-0.25, -0.2) is 4.99 Å². The van der Waals surface area contributed by atoms with Crippen LogP contribution in [0.2, 0.25) is 0 Å². The smallest absolute Gasteiger partial charge is 0.220 e. The molecule has 0 aliphatic carbocycles. The average Bonchev–Trinajstić information content (AvgIpc) is 3.02. The maximum Gasteiger partial charge on any atom is 0.220 e. The lowest BCUT2D eigenvalue weighted by atomic mass is 9.97. The molecule has 0 spiro atoms. The van der Waals surface area contributed by atoms with Crippen LogP contribution >= 0.6 is 0 Å². The second-order valence-corrected chi connectivity index (χ2v) is 7.08. The molecule has 3 rings (SSSR count). The number of hydrogen-bond acceptors (Lipinski definition) is 3. The van der Waals surface area contributed by atoms with E-state index in [0.717, 1.165) is 51.3 Å². The van der Waals surface area contributed by atoms with E-state index in [2.05, 4.69) is 62.3 Å². The van der Waals surface area contributed by atoms with Crippen LogP contribution in [0, 0.1) is 5.92 Å². The van der Waals surface area contributed by atoms with E-state index in [1.54, 1.807) is 13.3 Å². The van der Waals surface area contributed by atoms with Gasteiger partial charge < -0.3 is 19.6 Å². The summed E-state index contributed by atoms with van der Waals surface area (Å²) in [6.45, 7) is 3.86. The van der Waals surface area contributed by atoms with Crippen molar-refractivity contribution in [3.05, 3.63) is 36.0 Å². The average molecular weight is 367 g/mol. The number of rotatable bonds is 6. The van der Waals surface area contributed by atoms with Gasteiger partial charge in [0.2, 0.25) is 5.96 Å². The Labute approximate surface area is 161 Å². The minimum atomic E-state index is 0.341. The first kappa shape index (κ1) is 19.3. The van der Waals surface area contributed by atoms with E-state index in [0.29, 0.717) is 12.3 Å². The lowest BCUT2D eigenvalue weighted by Crippen LogP contribution is -2.40. The van der Waals surface area contributed by atoms with Crippen LogP contribution in [0.25, 0.3) is 10.9 Å². The number of aryl methyl sites for hydroxylation is 1. The number of carbonyl (C=O) groups excluding carboxylic acids is 1. The molecule has 1 aliphatic rings. The van der Waals surface area contributed by atoms with Gasteiger partial charge in [0.1, 0.15) is 6.29 Å². The standard InChI is InChI=1S/C21H29N5O/c1-22-21(24-10-5-13-27)26-11-8-17(9-12-26)14-23-15-18-16-25(2)20-7-4-3-6-19(18)20/h3-4,6-7,10,13,16-17,23H,5,8-9,11-12,14-15H2,1-2H3/b22-21?,24-10-. The van der Waals surface area contributed by atoms with Gasteiger partial charge in [0, 0.05) is 63.5 Å². The molecule has 0 unspecified atom stereocenters. The first-order valence-corrected chi connectivity index (χ1v) is 9.64. The third-order valence-corrected chi connectivity index (χ3v) is 5.23. The fourth-order valence-electron chi connectivity index (χ4n) is 3.77. The predicted molar refractivity (Wildman–Crippen MR) is 111 cm³/mol. The molecule has 1 N–H and O–H groups in total. The number of aliphatic imine (C=N–C) groups is 2. The number of aldehydes is 1. The molecule has 144 valence electrons. The van der Waals surface area contributed by atoms with Crippen molar-refractivity contribution >= 4 is 29.4 Å². The SMILES string of the molecule is CN=C(/N=C\CC=O)N1CCC(CNCc2cn(C)c3ccccc23)CC1. The summed E-state index contributed by atoms with van der Waals surface area (Å²) in [6, 6.07) is 8.55. The topological polar surface area (TPSA) is 62.0 Å². The van der Waals surface area contributed by atoms with Crippen molar-refractivity contribution < 1.29 is 4.79 Å². The van der Waals surface area contributed by atoms with Gasteiger partial charge in [-0.05, 0) is 36.9 Å². The molecule has 0 amide bonds. The molecular weight excluding hydrogens is 338 g/mol. The Balaban J connectivity index is 1.46. The number of nitrogens with one attached hydrogen (secondary N) is 1. The highest BCUT2D eigenvalue weighted by atomic mass is 16.1. The van der Waals surface area contributed by atoms with Crippen molar-refractivity contribution in [1.82, 2.24) is 14.8 Å². The molecule has 6 nitrogen and oxygen atoms in total. The lowest BCUT2D eigenvalue weighted by molar-refractivity contribution is -0.106. The summed E-state index contributed by atoms with van der Waals surface area (Å²) in [7, 11) is 3.86. The van der Waals surface area contributed by atoms with Crippen LogP contribution in [-0.2, 0) is 18.4 Å².